The SMILES string of the molecule is O=C(CCc1nnc2ccc(N3CCCC3)nn12)NC[C@H]1CCCO1. The lowest BCUT2D eigenvalue weighted by Crippen LogP contribution is -2.32. The summed E-state index contributed by atoms with van der Waals surface area (Å²) in [5, 5.41) is 16.0. The maximum Gasteiger partial charge on any atom is 0.220 e. The molecule has 2 fully saturated rings. The van der Waals surface area contributed by atoms with E-state index >= 15 is 0 Å². The van der Waals surface area contributed by atoms with Gasteiger partial charge < -0.3 is 15.0 Å². The minimum absolute atomic E-state index is 0.0166. The lowest BCUT2D eigenvalue weighted by atomic mass is 10.2. The van der Waals surface area contributed by atoms with E-state index in [2.05, 4.69) is 25.5 Å². The van der Waals surface area contributed by atoms with E-state index in [9.17, 15) is 4.79 Å². The van der Waals surface area contributed by atoms with Crippen molar-refractivity contribution in [2.45, 2.75) is 44.6 Å². The normalized spacial score (nSPS) is 20.5. The highest BCUT2D eigenvalue weighted by atomic mass is 16.5. The fraction of sp³-hybridized carbons (Fsp3) is 0.647. The van der Waals surface area contributed by atoms with Crippen molar-refractivity contribution in [3.05, 3.63) is 18.0 Å². The van der Waals surface area contributed by atoms with E-state index in [1.807, 2.05) is 12.1 Å². The number of carbonyl (C=O) groups excluding carboxylic acids is 1. The number of amides is 1. The van der Waals surface area contributed by atoms with Crippen LogP contribution in [0.5, 0.6) is 0 Å². The van der Waals surface area contributed by atoms with Crippen molar-refractivity contribution in [1.29, 1.82) is 0 Å². The number of hydrogen-bond donors (Lipinski definition) is 1. The number of aromatic nitrogens is 4. The summed E-state index contributed by atoms with van der Waals surface area (Å²) in [6, 6.07) is 3.93. The molecule has 134 valence electrons. The first-order valence-electron chi connectivity index (χ1n) is 9.14. The van der Waals surface area contributed by atoms with Crippen LogP contribution < -0.4 is 10.2 Å². The second kappa shape index (κ2) is 7.35. The Kier molecular flexibility index (Phi) is 4.78. The van der Waals surface area contributed by atoms with E-state index in [1.165, 1.54) is 12.8 Å². The summed E-state index contributed by atoms with van der Waals surface area (Å²) >= 11 is 0. The number of carbonyl (C=O) groups is 1. The van der Waals surface area contributed by atoms with Gasteiger partial charge in [-0.25, -0.2) is 0 Å². The molecule has 2 aromatic rings. The number of ether oxygens (including phenoxy) is 1. The molecule has 4 rings (SSSR count). The maximum atomic E-state index is 12.1. The van der Waals surface area contributed by atoms with Gasteiger partial charge in [0.25, 0.3) is 0 Å². The van der Waals surface area contributed by atoms with Crippen molar-refractivity contribution in [3.8, 4) is 0 Å². The number of anilines is 1. The van der Waals surface area contributed by atoms with Crippen LogP contribution in [-0.2, 0) is 16.0 Å². The van der Waals surface area contributed by atoms with Crippen molar-refractivity contribution in [2.24, 2.45) is 0 Å². The molecule has 0 spiro atoms. The highest BCUT2D eigenvalue weighted by Gasteiger charge is 2.18. The van der Waals surface area contributed by atoms with Crippen molar-refractivity contribution in [2.75, 3.05) is 31.1 Å². The molecule has 8 heteroatoms. The summed E-state index contributed by atoms with van der Waals surface area (Å²) in [7, 11) is 0. The predicted octanol–water partition coefficient (Wildman–Crippen LogP) is 0.952. The zero-order valence-electron chi connectivity index (χ0n) is 14.4. The molecular formula is C17H24N6O2. The molecule has 1 atom stereocenters. The van der Waals surface area contributed by atoms with Gasteiger partial charge in [-0.1, -0.05) is 0 Å². The molecule has 4 heterocycles. The van der Waals surface area contributed by atoms with E-state index in [0.717, 1.165) is 49.8 Å². The summed E-state index contributed by atoms with van der Waals surface area (Å²) in [6.45, 7) is 3.48. The zero-order valence-corrected chi connectivity index (χ0v) is 14.4. The van der Waals surface area contributed by atoms with Gasteiger partial charge in [0, 0.05) is 39.1 Å². The van der Waals surface area contributed by atoms with Gasteiger partial charge in [0.1, 0.15) is 5.82 Å². The average Bonchev–Trinajstić information content (AvgIpc) is 3.39. The predicted molar refractivity (Wildman–Crippen MR) is 92.5 cm³/mol. The molecule has 25 heavy (non-hydrogen) atoms. The average molecular weight is 344 g/mol. The van der Waals surface area contributed by atoms with Gasteiger partial charge >= 0.3 is 0 Å². The molecule has 0 saturated carbocycles. The van der Waals surface area contributed by atoms with Gasteiger partial charge in [-0.05, 0) is 37.8 Å². The molecule has 0 bridgehead atoms. The highest BCUT2D eigenvalue weighted by molar-refractivity contribution is 5.76. The molecule has 2 aliphatic rings. The van der Waals surface area contributed by atoms with Crippen LogP contribution in [0.1, 0.15) is 37.9 Å². The third-order valence-electron chi connectivity index (χ3n) is 4.87. The third-order valence-corrected chi connectivity index (χ3v) is 4.87. The minimum Gasteiger partial charge on any atom is -0.376 e. The number of aryl methyl sites for hydroxylation is 1. The van der Waals surface area contributed by atoms with Crippen LogP contribution >= 0.6 is 0 Å². The molecular weight excluding hydrogens is 320 g/mol. The number of hydrogen-bond acceptors (Lipinski definition) is 6. The van der Waals surface area contributed by atoms with E-state index in [4.69, 9.17) is 4.74 Å². The Labute approximate surface area is 146 Å². The van der Waals surface area contributed by atoms with Crippen LogP contribution in [-0.4, -0.2) is 58.1 Å². The van der Waals surface area contributed by atoms with Crippen LogP contribution in [0.4, 0.5) is 5.82 Å². The number of rotatable bonds is 6. The van der Waals surface area contributed by atoms with Gasteiger partial charge in [-0.2, -0.15) is 4.52 Å². The lowest BCUT2D eigenvalue weighted by Gasteiger charge is -2.15. The summed E-state index contributed by atoms with van der Waals surface area (Å²) < 4.78 is 7.28. The molecule has 2 aromatic heterocycles. The highest BCUT2D eigenvalue weighted by Crippen LogP contribution is 2.18. The van der Waals surface area contributed by atoms with E-state index in [-0.39, 0.29) is 12.0 Å². The molecule has 2 saturated heterocycles. The van der Waals surface area contributed by atoms with Gasteiger partial charge in [-0.15, -0.1) is 15.3 Å². The van der Waals surface area contributed by atoms with E-state index in [1.54, 1.807) is 4.52 Å². The van der Waals surface area contributed by atoms with Crippen LogP contribution in [0, 0.1) is 0 Å². The van der Waals surface area contributed by atoms with Gasteiger partial charge in [-0.3, -0.25) is 4.79 Å². The Balaban J connectivity index is 1.37. The second-order valence-electron chi connectivity index (χ2n) is 6.71. The van der Waals surface area contributed by atoms with Crippen LogP contribution in [0.25, 0.3) is 5.65 Å². The lowest BCUT2D eigenvalue weighted by molar-refractivity contribution is -0.121. The molecule has 1 amide bonds. The van der Waals surface area contributed by atoms with Crippen LogP contribution in [0.2, 0.25) is 0 Å². The van der Waals surface area contributed by atoms with Gasteiger partial charge in [0.05, 0.1) is 6.10 Å². The molecule has 1 N–H and O–H groups in total. The molecule has 0 aromatic carbocycles. The summed E-state index contributed by atoms with van der Waals surface area (Å²) in [6.07, 6.45) is 5.59. The quantitative estimate of drug-likeness (QED) is 0.840. The zero-order chi connectivity index (χ0) is 17.1. The summed E-state index contributed by atoms with van der Waals surface area (Å²) in [4.78, 5) is 14.3. The monoisotopic (exact) mass is 344 g/mol. The summed E-state index contributed by atoms with van der Waals surface area (Å²) in [5.41, 5.74) is 0.720. The summed E-state index contributed by atoms with van der Waals surface area (Å²) in [5.74, 6) is 1.69. The smallest absolute Gasteiger partial charge is 0.220 e. The van der Waals surface area contributed by atoms with Gasteiger partial charge in [0.2, 0.25) is 5.91 Å². The number of nitrogens with one attached hydrogen (secondary N) is 1. The van der Waals surface area contributed by atoms with E-state index in [0.29, 0.717) is 19.4 Å². The Morgan fingerprint density at radius 3 is 2.92 bits per heavy atom. The maximum absolute atomic E-state index is 12.1. The molecule has 0 radical (unpaired) electrons. The van der Waals surface area contributed by atoms with Crippen molar-refractivity contribution in [3.63, 3.8) is 0 Å². The fourth-order valence-electron chi connectivity index (χ4n) is 3.44. The largest absolute Gasteiger partial charge is 0.376 e. The first kappa shape index (κ1) is 16.3. The Bertz CT molecular complexity index is 734. The van der Waals surface area contributed by atoms with Crippen molar-refractivity contribution < 1.29 is 9.53 Å². The van der Waals surface area contributed by atoms with Crippen molar-refractivity contribution >= 4 is 17.4 Å². The fourth-order valence-corrected chi connectivity index (χ4v) is 3.44. The Morgan fingerprint density at radius 2 is 2.12 bits per heavy atom. The topological polar surface area (TPSA) is 84.7 Å². The molecule has 2 aliphatic heterocycles. The van der Waals surface area contributed by atoms with Crippen molar-refractivity contribution in [1.82, 2.24) is 25.1 Å². The Hall–Kier alpha value is -2.22. The van der Waals surface area contributed by atoms with Crippen LogP contribution in [0.15, 0.2) is 12.1 Å². The number of nitrogens with zero attached hydrogens (tertiary/aromatic N) is 5. The number of fused-ring (bicyclic) bond motifs is 1. The van der Waals surface area contributed by atoms with E-state index < -0.39 is 0 Å². The molecule has 0 unspecified atom stereocenters. The Morgan fingerprint density at radius 1 is 1.24 bits per heavy atom. The van der Waals surface area contributed by atoms with Crippen LogP contribution in [0.3, 0.4) is 0 Å². The second-order valence-corrected chi connectivity index (χ2v) is 6.71. The molecule has 0 aliphatic carbocycles. The standard InChI is InChI=1S/C17H24N6O2/c24-17(18-12-13-4-3-11-25-13)8-7-15-20-19-14-5-6-16(21-23(14)15)22-9-1-2-10-22/h5-6,13H,1-4,7-12H2,(H,18,24)/t13-/m1/s1. The third kappa shape index (κ3) is 3.73. The first-order chi connectivity index (χ1) is 12.3. The first-order valence-corrected chi connectivity index (χ1v) is 9.14. The van der Waals surface area contributed by atoms with Gasteiger partial charge in [0.15, 0.2) is 11.5 Å². The molecule has 8 nitrogen and oxygen atoms in total. The minimum atomic E-state index is 0.0166.